The van der Waals surface area contributed by atoms with Gasteiger partial charge >= 0.3 is 5.69 Å². The highest BCUT2D eigenvalue weighted by atomic mass is 127. The van der Waals surface area contributed by atoms with Gasteiger partial charge in [0.25, 0.3) is 0 Å². The zero-order valence-corrected chi connectivity index (χ0v) is 11.7. The number of hydrogen-bond donors (Lipinski definition) is 0. The molecule has 0 saturated heterocycles. The number of benzene rings is 1. The summed E-state index contributed by atoms with van der Waals surface area (Å²) in [7, 11) is 0. The average Bonchev–Trinajstić information content (AvgIpc) is 2.35. The highest BCUT2D eigenvalue weighted by Crippen LogP contribution is 2.33. The summed E-state index contributed by atoms with van der Waals surface area (Å²) in [6.45, 7) is -0.166. The lowest BCUT2D eigenvalue weighted by molar-refractivity contribution is -0.386. The summed E-state index contributed by atoms with van der Waals surface area (Å²) < 4.78 is 5.59. The second kappa shape index (κ2) is 6.38. The van der Waals surface area contributed by atoms with Crippen molar-refractivity contribution >= 4 is 39.9 Å². The lowest BCUT2D eigenvalue weighted by atomic mass is 10.2. The Morgan fingerprint density at radius 3 is 2.72 bits per heavy atom. The molecule has 0 aliphatic heterocycles. The van der Waals surface area contributed by atoms with E-state index in [9.17, 15) is 10.1 Å². The standard InChI is InChI=1S/C10H5ClIN3O3/c11-7(4-14)5-18-10-8(12)1-6(3-13)2-9(10)15(16)17/h1-2,7H,5H2. The fourth-order valence-electron chi connectivity index (χ4n) is 1.12. The molecule has 8 heteroatoms. The van der Waals surface area contributed by atoms with E-state index >= 15 is 0 Å². The average molecular weight is 378 g/mol. The predicted molar refractivity (Wildman–Crippen MR) is 71.3 cm³/mol. The Hall–Kier alpha value is -1.58. The fourth-order valence-corrected chi connectivity index (χ4v) is 1.95. The first kappa shape index (κ1) is 14.5. The van der Waals surface area contributed by atoms with Crippen molar-refractivity contribution in [2.24, 2.45) is 0 Å². The van der Waals surface area contributed by atoms with Crippen LogP contribution in [0.5, 0.6) is 5.75 Å². The monoisotopic (exact) mass is 377 g/mol. The largest absolute Gasteiger partial charge is 0.483 e. The number of nitro groups is 1. The first-order valence-corrected chi connectivity index (χ1v) is 6.05. The molecular formula is C10H5ClIN3O3. The molecular weight excluding hydrogens is 372 g/mol. The van der Waals surface area contributed by atoms with E-state index in [0.717, 1.165) is 6.07 Å². The van der Waals surface area contributed by atoms with E-state index in [4.69, 9.17) is 26.9 Å². The molecule has 0 N–H and O–H groups in total. The molecule has 1 aromatic rings. The van der Waals surface area contributed by atoms with Gasteiger partial charge in [-0.1, -0.05) is 0 Å². The summed E-state index contributed by atoms with van der Waals surface area (Å²) in [5.74, 6) is 0.0144. The molecule has 0 aliphatic carbocycles. The molecule has 0 bridgehead atoms. The molecule has 0 saturated carbocycles. The first-order valence-electron chi connectivity index (χ1n) is 4.54. The van der Waals surface area contributed by atoms with E-state index < -0.39 is 10.3 Å². The number of hydrogen-bond acceptors (Lipinski definition) is 5. The Kier molecular flexibility index (Phi) is 5.13. The SMILES string of the molecule is N#Cc1cc(I)c(OCC(Cl)C#N)c([N+](=O)[O-])c1. The van der Waals surface area contributed by atoms with Gasteiger partial charge in [-0.25, -0.2) is 0 Å². The Bertz CT molecular complexity index is 565. The summed E-state index contributed by atoms with van der Waals surface area (Å²) in [6.07, 6.45) is 0. The molecule has 18 heavy (non-hydrogen) atoms. The van der Waals surface area contributed by atoms with Gasteiger partial charge in [0.15, 0.2) is 5.38 Å². The summed E-state index contributed by atoms with van der Waals surface area (Å²) in [6, 6.07) is 6.14. The summed E-state index contributed by atoms with van der Waals surface area (Å²) in [5.41, 5.74) is -0.151. The van der Waals surface area contributed by atoms with Gasteiger partial charge in [-0.15, -0.1) is 11.6 Å². The van der Waals surface area contributed by atoms with Crippen molar-refractivity contribution in [3.8, 4) is 17.9 Å². The van der Waals surface area contributed by atoms with Crippen LogP contribution in [0.2, 0.25) is 0 Å². The maximum atomic E-state index is 10.9. The highest BCUT2D eigenvalue weighted by molar-refractivity contribution is 14.1. The second-order valence-corrected chi connectivity index (χ2v) is 4.77. The molecule has 1 atom stereocenters. The maximum absolute atomic E-state index is 10.9. The minimum absolute atomic E-state index is 0.0144. The molecule has 6 nitrogen and oxygen atoms in total. The third-order valence-corrected chi connectivity index (χ3v) is 2.89. The molecule has 0 spiro atoms. The van der Waals surface area contributed by atoms with Gasteiger partial charge in [-0.2, -0.15) is 10.5 Å². The van der Waals surface area contributed by atoms with Crippen LogP contribution in [0.3, 0.4) is 0 Å². The van der Waals surface area contributed by atoms with Gasteiger partial charge < -0.3 is 4.74 Å². The lowest BCUT2D eigenvalue weighted by Gasteiger charge is -2.09. The van der Waals surface area contributed by atoms with Crippen molar-refractivity contribution < 1.29 is 9.66 Å². The highest BCUT2D eigenvalue weighted by Gasteiger charge is 2.21. The van der Waals surface area contributed by atoms with Crippen molar-refractivity contribution in [2.75, 3.05) is 6.61 Å². The number of ether oxygens (including phenoxy) is 1. The zero-order chi connectivity index (χ0) is 13.7. The van der Waals surface area contributed by atoms with Gasteiger partial charge in [0, 0.05) is 6.07 Å². The molecule has 0 heterocycles. The number of rotatable bonds is 4. The smallest absolute Gasteiger partial charge is 0.313 e. The third kappa shape index (κ3) is 3.45. The molecule has 1 unspecified atom stereocenters. The van der Waals surface area contributed by atoms with Crippen LogP contribution in [0.15, 0.2) is 12.1 Å². The summed E-state index contributed by atoms with van der Waals surface area (Å²) in [5, 5.41) is 27.2. The lowest BCUT2D eigenvalue weighted by Crippen LogP contribution is -2.11. The Morgan fingerprint density at radius 2 is 2.22 bits per heavy atom. The summed E-state index contributed by atoms with van der Waals surface area (Å²) >= 11 is 7.37. The molecule has 92 valence electrons. The zero-order valence-electron chi connectivity index (χ0n) is 8.76. The maximum Gasteiger partial charge on any atom is 0.313 e. The van der Waals surface area contributed by atoms with Crippen LogP contribution in [-0.4, -0.2) is 16.9 Å². The van der Waals surface area contributed by atoms with E-state index in [1.807, 2.05) is 28.7 Å². The number of alkyl halides is 1. The minimum atomic E-state index is -0.893. The van der Waals surface area contributed by atoms with Gasteiger partial charge in [0.2, 0.25) is 5.75 Å². The van der Waals surface area contributed by atoms with Crippen LogP contribution < -0.4 is 4.74 Å². The molecule has 0 fully saturated rings. The normalized spacial score (nSPS) is 11.1. The van der Waals surface area contributed by atoms with Gasteiger partial charge in [0.1, 0.15) is 6.61 Å². The number of halogens is 2. The topological polar surface area (TPSA) is 99.9 Å². The van der Waals surface area contributed by atoms with Crippen molar-refractivity contribution in [1.82, 2.24) is 0 Å². The fraction of sp³-hybridized carbons (Fsp3) is 0.200. The van der Waals surface area contributed by atoms with Gasteiger partial charge in [-0.3, -0.25) is 10.1 Å². The van der Waals surface area contributed by atoms with E-state index in [-0.39, 0.29) is 23.6 Å². The Balaban J connectivity index is 3.14. The molecule has 0 radical (unpaired) electrons. The third-order valence-electron chi connectivity index (χ3n) is 1.86. The molecule has 1 rings (SSSR count). The van der Waals surface area contributed by atoms with Crippen LogP contribution in [-0.2, 0) is 0 Å². The summed E-state index contributed by atoms with van der Waals surface area (Å²) in [4.78, 5) is 10.2. The van der Waals surface area contributed by atoms with Crippen LogP contribution >= 0.6 is 34.2 Å². The predicted octanol–water partition coefficient (Wildman–Crippen LogP) is 2.58. The molecule has 0 amide bonds. The van der Waals surface area contributed by atoms with Crippen LogP contribution in [0.25, 0.3) is 0 Å². The number of nitro benzene ring substituents is 1. The second-order valence-electron chi connectivity index (χ2n) is 3.08. The van der Waals surface area contributed by atoms with Crippen molar-refractivity contribution in [3.05, 3.63) is 31.4 Å². The number of nitrogens with zero attached hydrogens (tertiary/aromatic N) is 3. The van der Waals surface area contributed by atoms with E-state index in [0.29, 0.717) is 3.57 Å². The quantitative estimate of drug-likeness (QED) is 0.347. The van der Waals surface area contributed by atoms with Crippen molar-refractivity contribution in [2.45, 2.75) is 5.38 Å². The van der Waals surface area contributed by atoms with E-state index in [1.54, 1.807) is 6.07 Å². The minimum Gasteiger partial charge on any atom is -0.483 e. The van der Waals surface area contributed by atoms with Crippen LogP contribution in [0.1, 0.15) is 5.56 Å². The Labute approximate surface area is 121 Å². The molecule has 0 aromatic heterocycles. The van der Waals surface area contributed by atoms with Crippen LogP contribution in [0, 0.1) is 36.3 Å². The van der Waals surface area contributed by atoms with Crippen molar-refractivity contribution in [3.63, 3.8) is 0 Å². The van der Waals surface area contributed by atoms with E-state index in [2.05, 4.69) is 0 Å². The molecule has 1 aromatic carbocycles. The first-order chi connectivity index (χ1) is 8.49. The van der Waals surface area contributed by atoms with E-state index in [1.165, 1.54) is 6.07 Å². The number of nitriles is 2. The van der Waals surface area contributed by atoms with Gasteiger partial charge in [-0.05, 0) is 28.7 Å². The van der Waals surface area contributed by atoms with Crippen molar-refractivity contribution in [1.29, 1.82) is 10.5 Å². The van der Waals surface area contributed by atoms with Gasteiger partial charge in [0.05, 0.1) is 26.2 Å². The Morgan fingerprint density at radius 1 is 1.56 bits per heavy atom. The molecule has 0 aliphatic rings. The van der Waals surface area contributed by atoms with Crippen LogP contribution in [0.4, 0.5) is 5.69 Å².